The molecule has 0 unspecified atom stereocenters. The number of aliphatic hydroxyl groups excluding tert-OH is 1. The number of aliphatic hydroxyl groups is 1. The second-order valence-corrected chi connectivity index (χ2v) is 7.47. The van der Waals surface area contributed by atoms with Gasteiger partial charge in [0.1, 0.15) is 12.4 Å². The summed E-state index contributed by atoms with van der Waals surface area (Å²) in [5.74, 6) is -1.25. The van der Waals surface area contributed by atoms with Crippen LogP contribution in [-0.2, 0) is 19.5 Å². The summed E-state index contributed by atoms with van der Waals surface area (Å²) in [7, 11) is 0. The summed E-state index contributed by atoms with van der Waals surface area (Å²) in [6, 6.07) is 20.1. The normalized spacial score (nSPS) is 11.1. The van der Waals surface area contributed by atoms with E-state index < -0.39 is 23.9 Å². The number of carbonyl (C=O) groups excluding carboxylic acids is 1. The molecule has 6 nitrogen and oxygen atoms in total. The average Bonchev–Trinajstić information content (AvgIpc) is 2.82. The van der Waals surface area contributed by atoms with Crippen LogP contribution in [0, 0.1) is 5.82 Å². The largest absolute Gasteiger partial charge is 0.388 e. The Morgan fingerprint density at radius 2 is 1.62 bits per heavy atom. The van der Waals surface area contributed by atoms with E-state index in [4.69, 9.17) is 5.11 Å². The fraction of sp³-hybridized carbons (Fsp3) is 0.160. The Balaban J connectivity index is 1.78. The van der Waals surface area contributed by atoms with Crippen LogP contribution in [0.25, 0.3) is 10.9 Å². The maximum atomic E-state index is 14.7. The van der Waals surface area contributed by atoms with Crippen LogP contribution in [-0.4, -0.2) is 26.6 Å². The number of carbonyl (C=O) groups is 1. The molecule has 0 aliphatic carbocycles. The van der Waals surface area contributed by atoms with E-state index in [1.165, 1.54) is 21.3 Å². The smallest absolute Gasteiger partial charge is 0.331 e. The van der Waals surface area contributed by atoms with Crippen molar-refractivity contribution in [3.63, 3.8) is 0 Å². The Labute approximate surface area is 182 Å². The number of fused-ring (bicyclic) bond motifs is 1. The van der Waals surface area contributed by atoms with Crippen molar-refractivity contribution < 1.29 is 14.3 Å². The van der Waals surface area contributed by atoms with Gasteiger partial charge in [0.25, 0.3) is 5.56 Å². The summed E-state index contributed by atoms with van der Waals surface area (Å²) in [5, 5.41) is 9.35. The lowest BCUT2D eigenvalue weighted by atomic mass is 10.1. The van der Waals surface area contributed by atoms with Crippen LogP contribution in [0.15, 0.2) is 82.4 Å². The van der Waals surface area contributed by atoms with Crippen molar-refractivity contribution in [1.29, 1.82) is 0 Å². The van der Waals surface area contributed by atoms with Gasteiger partial charge in [0.2, 0.25) is 0 Å². The minimum Gasteiger partial charge on any atom is -0.388 e. The number of rotatable bonds is 7. The summed E-state index contributed by atoms with van der Waals surface area (Å²) in [6.45, 7) is -0.626. The van der Waals surface area contributed by atoms with Crippen molar-refractivity contribution in [1.82, 2.24) is 9.13 Å². The highest BCUT2D eigenvalue weighted by molar-refractivity contribution is 5.96. The number of hydrogen-bond donors (Lipinski definition) is 1. The van der Waals surface area contributed by atoms with E-state index in [1.807, 2.05) is 30.3 Å². The Morgan fingerprint density at radius 3 is 2.34 bits per heavy atom. The summed E-state index contributed by atoms with van der Waals surface area (Å²) in [6.07, 6.45) is 0.501. The summed E-state index contributed by atoms with van der Waals surface area (Å²) >= 11 is 0. The van der Waals surface area contributed by atoms with Crippen molar-refractivity contribution in [2.24, 2.45) is 0 Å². The predicted octanol–water partition coefficient (Wildman–Crippen LogP) is 2.77. The number of halogens is 1. The standard InChI is InChI=1S/C25H21FN2O4/c26-21-14-18(23(30)16-29)10-11-19(21)15-28-22-9-5-4-8-20(22)24(31)27(25(28)32)13-12-17-6-2-1-3-7-17/h1-11,14,29H,12-13,15-16H2. The first-order valence-corrected chi connectivity index (χ1v) is 10.2. The van der Waals surface area contributed by atoms with E-state index in [9.17, 15) is 18.8 Å². The number of ketones is 1. The van der Waals surface area contributed by atoms with E-state index in [1.54, 1.807) is 24.3 Å². The highest BCUT2D eigenvalue weighted by Crippen LogP contribution is 2.15. The monoisotopic (exact) mass is 432 g/mol. The minimum absolute atomic E-state index is 0.0544. The SMILES string of the molecule is O=C(CO)c1ccc(Cn2c(=O)n(CCc3ccccc3)c(=O)c3ccccc32)c(F)c1. The number of hydrogen-bond acceptors (Lipinski definition) is 4. The van der Waals surface area contributed by atoms with Crippen molar-refractivity contribution in [3.8, 4) is 0 Å². The van der Waals surface area contributed by atoms with Crippen molar-refractivity contribution in [2.75, 3.05) is 6.61 Å². The number of benzene rings is 3. The molecule has 1 N–H and O–H groups in total. The van der Waals surface area contributed by atoms with Gasteiger partial charge >= 0.3 is 5.69 Å². The number of aryl methyl sites for hydroxylation is 1. The lowest BCUT2D eigenvalue weighted by Gasteiger charge is -2.15. The molecule has 0 atom stereocenters. The Hall–Kier alpha value is -3.84. The summed E-state index contributed by atoms with van der Waals surface area (Å²) in [4.78, 5) is 37.9. The highest BCUT2D eigenvalue weighted by atomic mass is 19.1. The number of aromatic nitrogens is 2. The first-order valence-electron chi connectivity index (χ1n) is 10.2. The molecule has 4 rings (SSSR count). The van der Waals surface area contributed by atoms with Crippen LogP contribution in [0.3, 0.4) is 0 Å². The van der Waals surface area contributed by atoms with E-state index in [0.717, 1.165) is 11.6 Å². The summed E-state index contributed by atoms with van der Waals surface area (Å²) in [5.41, 5.74) is 0.738. The van der Waals surface area contributed by atoms with Crippen molar-refractivity contribution in [3.05, 3.63) is 116 Å². The van der Waals surface area contributed by atoms with Gasteiger partial charge in [-0.1, -0.05) is 54.6 Å². The van der Waals surface area contributed by atoms with Crippen LogP contribution in [0.2, 0.25) is 0 Å². The second kappa shape index (κ2) is 9.11. The van der Waals surface area contributed by atoms with Crippen LogP contribution in [0.1, 0.15) is 21.5 Å². The molecule has 0 radical (unpaired) electrons. The molecular formula is C25H21FN2O4. The van der Waals surface area contributed by atoms with Crippen LogP contribution in [0.4, 0.5) is 4.39 Å². The topological polar surface area (TPSA) is 81.3 Å². The maximum Gasteiger partial charge on any atom is 0.331 e. The van der Waals surface area contributed by atoms with Crippen molar-refractivity contribution in [2.45, 2.75) is 19.5 Å². The summed E-state index contributed by atoms with van der Waals surface area (Å²) < 4.78 is 17.2. The zero-order valence-corrected chi connectivity index (χ0v) is 17.2. The van der Waals surface area contributed by atoms with Gasteiger partial charge in [0.05, 0.1) is 17.4 Å². The Kier molecular flexibility index (Phi) is 6.09. The van der Waals surface area contributed by atoms with Gasteiger partial charge in [-0.05, 0) is 30.2 Å². The quantitative estimate of drug-likeness (QED) is 0.456. The van der Waals surface area contributed by atoms with Gasteiger partial charge in [-0.25, -0.2) is 9.18 Å². The lowest BCUT2D eigenvalue weighted by Crippen LogP contribution is -2.40. The highest BCUT2D eigenvalue weighted by Gasteiger charge is 2.16. The zero-order valence-electron chi connectivity index (χ0n) is 17.2. The van der Waals surface area contributed by atoms with Crippen LogP contribution in [0.5, 0.6) is 0 Å². The molecule has 0 fully saturated rings. The van der Waals surface area contributed by atoms with Gasteiger partial charge in [-0.2, -0.15) is 0 Å². The van der Waals surface area contributed by atoms with Gasteiger partial charge in [0.15, 0.2) is 5.78 Å². The number of Topliss-reactive ketones (excluding diaryl/α,β-unsaturated/α-hetero) is 1. The van der Waals surface area contributed by atoms with Crippen LogP contribution < -0.4 is 11.2 Å². The van der Waals surface area contributed by atoms with Gasteiger partial charge < -0.3 is 5.11 Å². The molecule has 0 bridgehead atoms. The van der Waals surface area contributed by atoms with Crippen molar-refractivity contribution >= 4 is 16.7 Å². The molecule has 0 spiro atoms. The zero-order chi connectivity index (χ0) is 22.7. The molecule has 162 valence electrons. The first-order chi connectivity index (χ1) is 15.5. The Bertz CT molecular complexity index is 1410. The van der Waals surface area contributed by atoms with E-state index >= 15 is 0 Å². The van der Waals surface area contributed by atoms with Gasteiger partial charge in [0, 0.05) is 17.7 Å². The van der Waals surface area contributed by atoms with Gasteiger partial charge in [-0.3, -0.25) is 18.7 Å². The molecule has 3 aromatic carbocycles. The second-order valence-electron chi connectivity index (χ2n) is 7.47. The fourth-order valence-corrected chi connectivity index (χ4v) is 3.72. The number of nitrogens with zero attached hydrogens (tertiary/aromatic N) is 2. The van der Waals surface area contributed by atoms with E-state index in [0.29, 0.717) is 17.3 Å². The molecule has 7 heteroatoms. The maximum absolute atomic E-state index is 14.7. The van der Waals surface area contributed by atoms with E-state index in [2.05, 4.69) is 0 Å². The van der Waals surface area contributed by atoms with E-state index in [-0.39, 0.29) is 29.8 Å². The average molecular weight is 432 g/mol. The van der Waals surface area contributed by atoms with Crippen LogP contribution >= 0.6 is 0 Å². The fourth-order valence-electron chi connectivity index (χ4n) is 3.72. The third-order valence-electron chi connectivity index (χ3n) is 5.45. The molecular weight excluding hydrogens is 411 g/mol. The molecule has 0 aliphatic heterocycles. The molecule has 1 heterocycles. The molecule has 0 saturated heterocycles. The molecule has 0 saturated carbocycles. The third kappa shape index (κ3) is 4.15. The number of para-hydroxylation sites is 1. The molecule has 32 heavy (non-hydrogen) atoms. The Morgan fingerprint density at radius 1 is 0.906 bits per heavy atom. The van der Waals surface area contributed by atoms with Gasteiger partial charge in [-0.15, -0.1) is 0 Å². The minimum atomic E-state index is -0.713. The molecule has 1 aromatic heterocycles. The lowest BCUT2D eigenvalue weighted by molar-refractivity contribution is 0.0903. The first kappa shape index (κ1) is 21.4. The predicted molar refractivity (Wildman–Crippen MR) is 120 cm³/mol. The molecule has 0 amide bonds. The molecule has 4 aromatic rings. The third-order valence-corrected chi connectivity index (χ3v) is 5.45. The molecule has 0 aliphatic rings.